The van der Waals surface area contributed by atoms with E-state index in [9.17, 15) is 9.50 Å². The average Bonchev–Trinajstić information content (AvgIpc) is 3.23. The largest absolute Gasteiger partial charge is 0.390 e. The summed E-state index contributed by atoms with van der Waals surface area (Å²) in [5, 5.41) is 15.0. The molecule has 2 aliphatic heterocycles. The second-order valence-electron chi connectivity index (χ2n) is 8.23. The smallest absolute Gasteiger partial charge is 0.145 e. The van der Waals surface area contributed by atoms with E-state index < -0.39 is 6.10 Å². The number of hydrogen-bond donors (Lipinski definition) is 1. The van der Waals surface area contributed by atoms with Gasteiger partial charge in [0.1, 0.15) is 11.9 Å². The lowest BCUT2D eigenvalue weighted by Gasteiger charge is -2.31. The molecule has 31 heavy (non-hydrogen) atoms. The number of rotatable bonds is 9. The Morgan fingerprint density at radius 2 is 1.94 bits per heavy atom. The first kappa shape index (κ1) is 21.9. The number of β-amino-alcohol motifs (C(OH)–C–C–N with tert-alkyl or cyclic N) is 1. The molecular weight excluding hydrogens is 397 g/mol. The van der Waals surface area contributed by atoms with Gasteiger partial charge in [-0.15, -0.1) is 0 Å². The van der Waals surface area contributed by atoms with E-state index >= 15 is 0 Å². The van der Waals surface area contributed by atoms with E-state index in [-0.39, 0.29) is 11.9 Å². The fourth-order valence-corrected chi connectivity index (χ4v) is 4.15. The van der Waals surface area contributed by atoms with E-state index in [0.717, 1.165) is 29.9 Å². The minimum absolute atomic E-state index is 0.0978. The first-order valence-electron chi connectivity index (χ1n) is 10.9. The first-order valence-corrected chi connectivity index (χ1v) is 10.9. The number of benzene rings is 2. The molecule has 4 rings (SSSR count). The van der Waals surface area contributed by atoms with Gasteiger partial charge >= 0.3 is 0 Å². The number of aliphatic hydroxyl groups is 1. The number of halogens is 1. The number of oxime groups is 1. The first-order chi connectivity index (χ1) is 15.2. The van der Waals surface area contributed by atoms with Crippen LogP contribution in [0, 0.1) is 5.82 Å². The Hall–Kier alpha value is -2.32. The normalized spacial score (nSPS) is 20.5. The number of ether oxygens (including phenoxy) is 1. The third-order valence-electron chi connectivity index (χ3n) is 5.64. The van der Waals surface area contributed by atoms with Crippen LogP contribution in [0.15, 0.2) is 59.8 Å². The van der Waals surface area contributed by atoms with Crippen LogP contribution in [0.4, 0.5) is 4.39 Å². The topological polar surface area (TPSA) is 57.5 Å². The maximum atomic E-state index is 13.7. The predicted molar refractivity (Wildman–Crippen MR) is 117 cm³/mol. The van der Waals surface area contributed by atoms with Crippen molar-refractivity contribution in [3.05, 3.63) is 71.5 Å². The van der Waals surface area contributed by atoms with E-state index in [1.165, 1.54) is 6.07 Å². The molecule has 0 bridgehead atoms. The molecule has 0 aromatic heterocycles. The molecule has 0 aliphatic carbocycles. The second kappa shape index (κ2) is 10.8. The van der Waals surface area contributed by atoms with Crippen LogP contribution in [0.25, 0.3) is 0 Å². The van der Waals surface area contributed by atoms with E-state index in [0.29, 0.717) is 45.8 Å². The highest BCUT2D eigenvalue weighted by atomic mass is 19.1. The van der Waals surface area contributed by atoms with Crippen molar-refractivity contribution < 1.29 is 19.1 Å². The number of hydrogen-bond acceptors (Lipinski definition) is 6. The van der Waals surface area contributed by atoms with Gasteiger partial charge in [-0.3, -0.25) is 9.80 Å². The van der Waals surface area contributed by atoms with Crippen LogP contribution in [0.2, 0.25) is 0 Å². The van der Waals surface area contributed by atoms with Crippen molar-refractivity contribution >= 4 is 5.71 Å². The van der Waals surface area contributed by atoms with Crippen molar-refractivity contribution in [2.75, 3.05) is 45.9 Å². The molecule has 1 fully saturated rings. The molecule has 166 valence electrons. The molecule has 0 amide bonds. The van der Waals surface area contributed by atoms with Crippen LogP contribution in [-0.4, -0.2) is 78.8 Å². The third-order valence-corrected chi connectivity index (χ3v) is 5.64. The van der Waals surface area contributed by atoms with E-state index in [2.05, 4.69) is 15.0 Å². The summed E-state index contributed by atoms with van der Waals surface area (Å²) in [5.41, 5.74) is 2.87. The Bertz CT molecular complexity index is 858. The lowest BCUT2D eigenvalue weighted by molar-refractivity contribution is -0.00266. The zero-order chi connectivity index (χ0) is 21.5. The van der Waals surface area contributed by atoms with Crippen molar-refractivity contribution in [2.45, 2.75) is 25.2 Å². The fraction of sp³-hybridized carbons (Fsp3) is 0.458. The molecule has 6 nitrogen and oxygen atoms in total. The molecule has 1 saturated heterocycles. The summed E-state index contributed by atoms with van der Waals surface area (Å²) in [6.07, 6.45) is 0.102. The summed E-state index contributed by atoms with van der Waals surface area (Å²) in [6, 6.07) is 16.6. The van der Waals surface area contributed by atoms with Crippen molar-refractivity contribution in [1.29, 1.82) is 0 Å². The molecule has 2 aromatic rings. The Morgan fingerprint density at radius 3 is 2.71 bits per heavy atom. The van der Waals surface area contributed by atoms with Crippen LogP contribution >= 0.6 is 0 Å². The quantitative estimate of drug-likeness (QED) is 0.667. The highest BCUT2D eigenvalue weighted by Crippen LogP contribution is 2.19. The molecule has 1 N–H and O–H groups in total. The van der Waals surface area contributed by atoms with Gasteiger partial charge in [0.15, 0.2) is 0 Å². The van der Waals surface area contributed by atoms with Gasteiger partial charge in [0.05, 0.1) is 25.0 Å². The van der Waals surface area contributed by atoms with E-state index in [1.807, 2.05) is 36.4 Å². The van der Waals surface area contributed by atoms with Crippen molar-refractivity contribution in [1.82, 2.24) is 9.80 Å². The molecule has 2 aliphatic rings. The van der Waals surface area contributed by atoms with Gasteiger partial charge in [0.25, 0.3) is 0 Å². The zero-order valence-electron chi connectivity index (χ0n) is 17.7. The van der Waals surface area contributed by atoms with Crippen LogP contribution in [0.1, 0.15) is 17.5 Å². The molecule has 2 atom stereocenters. The SMILES string of the molecule is OC(CN1CCOCC1)CN(Cc1cccc(F)c1)CC1CC(c2ccccc2)=NO1. The second-order valence-corrected chi connectivity index (χ2v) is 8.23. The highest BCUT2D eigenvalue weighted by molar-refractivity contribution is 6.01. The Balaban J connectivity index is 1.37. The number of morpholine rings is 1. The maximum Gasteiger partial charge on any atom is 0.145 e. The number of aliphatic hydroxyl groups excluding tert-OH is 1. The zero-order valence-corrected chi connectivity index (χ0v) is 17.7. The fourth-order valence-electron chi connectivity index (χ4n) is 4.15. The van der Waals surface area contributed by atoms with Crippen LogP contribution in [0.3, 0.4) is 0 Å². The Kier molecular flexibility index (Phi) is 7.64. The van der Waals surface area contributed by atoms with E-state index in [1.54, 1.807) is 12.1 Å². The molecule has 2 aromatic carbocycles. The van der Waals surface area contributed by atoms with E-state index in [4.69, 9.17) is 9.57 Å². The summed E-state index contributed by atoms with van der Waals surface area (Å²) in [4.78, 5) is 10.1. The summed E-state index contributed by atoms with van der Waals surface area (Å²) in [5.74, 6) is -0.252. The minimum atomic E-state index is -0.512. The monoisotopic (exact) mass is 427 g/mol. The van der Waals surface area contributed by atoms with Gasteiger partial charge in [-0.2, -0.15) is 0 Å². The molecule has 0 radical (unpaired) electrons. The summed E-state index contributed by atoms with van der Waals surface area (Å²) < 4.78 is 19.1. The van der Waals surface area contributed by atoms with Crippen molar-refractivity contribution in [2.24, 2.45) is 5.16 Å². The van der Waals surface area contributed by atoms with Crippen LogP contribution < -0.4 is 0 Å². The summed E-state index contributed by atoms with van der Waals surface area (Å²) in [7, 11) is 0. The molecule has 7 heteroatoms. The highest BCUT2D eigenvalue weighted by Gasteiger charge is 2.26. The molecule has 0 saturated carbocycles. The van der Waals surface area contributed by atoms with Crippen LogP contribution in [-0.2, 0) is 16.1 Å². The van der Waals surface area contributed by atoms with Gasteiger partial charge in [-0.1, -0.05) is 47.6 Å². The Morgan fingerprint density at radius 1 is 1.13 bits per heavy atom. The molecule has 2 unspecified atom stereocenters. The third kappa shape index (κ3) is 6.58. The average molecular weight is 428 g/mol. The van der Waals surface area contributed by atoms with Gasteiger partial charge in [-0.05, 0) is 23.3 Å². The van der Waals surface area contributed by atoms with Crippen LogP contribution in [0.5, 0.6) is 0 Å². The lowest BCUT2D eigenvalue weighted by Crippen LogP contribution is -2.45. The predicted octanol–water partition coefficient (Wildman–Crippen LogP) is 2.51. The molecular formula is C24H30FN3O3. The standard InChI is InChI=1S/C24H30FN3O3/c25-21-8-4-5-19(13-21)15-28(17-22(29)16-27-9-11-30-12-10-27)18-23-14-24(26-31-23)20-6-2-1-3-7-20/h1-8,13,22-23,29H,9-12,14-18H2. The summed E-state index contributed by atoms with van der Waals surface area (Å²) in [6.45, 7) is 5.30. The lowest BCUT2D eigenvalue weighted by atomic mass is 10.0. The minimum Gasteiger partial charge on any atom is -0.390 e. The Labute approximate surface area is 182 Å². The molecule has 0 spiro atoms. The van der Waals surface area contributed by atoms with Gasteiger partial charge in [-0.25, -0.2) is 4.39 Å². The van der Waals surface area contributed by atoms with Gasteiger partial charge in [0.2, 0.25) is 0 Å². The van der Waals surface area contributed by atoms with Crippen molar-refractivity contribution in [3.8, 4) is 0 Å². The maximum absolute atomic E-state index is 13.7. The van der Waals surface area contributed by atoms with Gasteiger partial charge in [0, 0.05) is 45.7 Å². The number of nitrogens with zero attached hydrogens (tertiary/aromatic N) is 3. The van der Waals surface area contributed by atoms with Crippen molar-refractivity contribution in [3.63, 3.8) is 0 Å². The molecule has 2 heterocycles. The summed E-state index contributed by atoms with van der Waals surface area (Å²) >= 11 is 0. The van der Waals surface area contributed by atoms with Gasteiger partial charge < -0.3 is 14.7 Å².